The largest absolute Gasteiger partial charge is 0.493 e. The number of piperidine rings is 1. The second kappa shape index (κ2) is 6.48. The molecule has 0 aromatic heterocycles. The second-order valence-electron chi connectivity index (χ2n) is 6.08. The fourth-order valence-corrected chi connectivity index (χ4v) is 3.54. The Kier molecular flexibility index (Phi) is 4.44. The molecule has 1 fully saturated rings. The number of nitrogens with one attached hydrogen (secondary N) is 1. The zero-order valence-electron chi connectivity index (χ0n) is 12.7. The Balaban J connectivity index is 1.74. The Morgan fingerprint density at radius 2 is 2.24 bits per heavy atom. The van der Waals surface area contributed by atoms with E-state index in [4.69, 9.17) is 4.74 Å². The van der Waals surface area contributed by atoms with Gasteiger partial charge in [-0.15, -0.1) is 0 Å². The number of para-hydroxylation sites is 1. The third-order valence-corrected chi connectivity index (χ3v) is 4.58. The summed E-state index contributed by atoms with van der Waals surface area (Å²) in [6, 6.07) is 7.96. The van der Waals surface area contributed by atoms with Crippen LogP contribution in [0.2, 0.25) is 0 Å². The van der Waals surface area contributed by atoms with Crippen molar-refractivity contribution in [2.75, 3.05) is 33.3 Å². The van der Waals surface area contributed by atoms with Crippen LogP contribution in [0.4, 0.5) is 0 Å². The Bertz CT molecular complexity index is 501. The van der Waals surface area contributed by atoms with Gasteiger partial charge in [0.2, 0.25) is 5.91 Å². The van der Waals surface area contributed by atoms with E-state index in [1.165, 1.54) is 6.42 Å². The molecule has 4 heteroatoms. The van der Waals surface area contributed by atoms with Gasteiger partial charge < -0.3 is 15.0 Å². The minimum absolute atomic E-state index is 0.0247. The first kappa shape index (κ1) is 14.4. The van der Waals surface area contributed by atoms with Crippen LogP contribution in [0.1, 0.15) is 30.7 Å². The zero-order chi connectivity index (χ0) is 14.7. The van der Waals surface area contributed by atoms with Gasteiger partial charge in [-0.1, -0.05) is 18.2 Å². The van der Waals surface area contributed by atoms with Gasteiger partial charge in [-0.05, 0) is 44.8 Å². The molecule has 1 aromatic rings. The summed E-state index contributed by atoms with van der Waals surface area (Å²) in [6.07, 6.45) is 3.13. The predicted molar refractivity (Wildman–Crippen MR) is 82.5 cm³/mol. The summed E-state index contributed by atoms with van der Waals surface area (Å²) in [6.45, 7) is 3.42. The van der Waals surface area contributed by atoms with Crippen molar-refractivity contribution in [3.8, 4) is 5.75 Å². The third kappa shape index (κ3) is 3.05. The van der Waals surface area contributed by atoms with Crippen molar-refractivity contribution in [2.24, 2.45) is 5.92 Å². The average molecular weight is 288 g/mol. The average Bonchev–Trinajstić information content (AvgIpc) is 2.54. The van der Waals surface area contributed by atoms with Crippen LogP contribution in [-0.4, -0.2) is 44.1 Å². The predicted octanol–water partition coefficient (Wildman–Crippen LogP) is 2.01. The first-order chi connectivity index (χ1) is 10.3. The summed E-state index contributed by atoms with van der Waals surface area (Å²) in [4.78, 5) is 15.0. The maximum Gasteiger partial charge on any atom is 0.230 e. The van der Waals surface area contributed by atoms with Crippen LogP contribution in [-0.2, 0) is 4.79 Å². The molecule has 0 saturated carbocycles. The number of ether oxygens (including phenoxy) is 1. The van der Waals surface area contributed by atoms with Gasteiger partial charge in [-0.2, -0.15) is 0 Å². The van der Waals surface area contributed by atoms with Crippen molar-refractivity contribution in [3.05, 3.63) is 29.8 Å². The lowest BCUT2D eigenvalue weighted by atomic mass is 9.90. The molecule has 3 rings (SSSR count). The molecular weight excluding hydrogens is 264 g/mol. The van der Waals surface area contributed by atoms with Crippen molar-refractivity contribution >= 4 is 5.91 Å². The third-order valence-electron chi connectivity index (χ3n) is 4.58. The number of carbonyl (C=O) groups is 1. The van der Waals surface area contributed by atoms with Crippen molar-refractivity contribution in [1.29, 1.82) is 0 Å². The van der Waals surface area contributed by atoms with Crippen LogP contribution in [0, 0.1) is 5.92 Å². The molecule has 2 unspecified atom stereocenters. The van der Waals surface area contributed by atoms with Crippen molar-refractivity contribution in [2.45, 2.75) is 25.2 Å². The van der Waals surface area contributed by atoms with Gasteiger partial charge in [-0.3, -0.25) is 4.79 Å². The molecule has 114 valence electrons. The van der Waals surface area contributed by atoms with Gasteiger partial charge in [0.1, 0.15) is 5.75 Å². The van der Waals surface area contributed by atoms with Crippen LogP contribution < -0.4 is 10.1 Å². The van der Waals surface area contributed by atoms with E-state index in [0.717, 1.165) is 43.8 Å². The molecule has 2 atom stereocenters. The minimum Gasteiger partial charge on any atom is -0.493 e. The van der Waals surface area contributed by atoms with E-state index in [1.54, 1.807) is 0 Å². The van der Waals surface area contributed by atoms with E-state index >= 15 is 0 Å². The second-order valence-corrected chi connectivity index (χ2v) is 6.08. The van der Waals surface area contributed by atoms with Gasteiger partial charge in [0.05, 0.1) is 12.5 Å². The normalized spacial score (nSPS) is 25.1. The molecule has 2 aliphatic heterocycles. The van der Waals surface area contributed by atoms with Gasteiger partial charge >= 0.3 is 0 Å². The van der Waals surface area contributed by atoms with Crippen molar-refractivity contribution in [3.63, 3.8) is 0 Å². The number of benzene rings is 1. The number of hydrogen-bond acceptors (Lipinski definition) is 3. The summed E-state index contributed by atoms with van der Waals surface area (Å²) in [5, 5.41) is 3.23. The molecule has 0 aliphatic carbocycles. The lowest BCUT2D eigenvalue weighted by molar-refractivity contribution is -0.135. The lowest BCUT2D eigenvalue weighted by Gasteiger charge is -2.36. The molecule has 1 aromatic carbocycles. The first-order valence-electron chi connectivity index (χ1n) is 7.94. The summed E-state index contributed by atoms with van der Waals surface area (Å²) in [7, 11) is 1.98. The summed E-state index contributed by atoms with van der Waals surface area (Å²) < 4.78 is 5.67. The van der Waals surface area contributed by atoms with E-state index < -0.39 is 0 Å². The highest BCUT2D eigenvalue weighted by Gasteiger charge is 2.32. The van der Waals surface area contributed by atoms with Gasteiger partial charge in [0, 0.05) is 18.7 Å². The quantitative estimate of drug-likeness (QED) is 0.925. The zero-order valence-corrected chi connectivity index (χ0v) is 12.7. The molecule has 2 aliphatic rings. The molecule has 2 heterocycles. The van der Waals surface area contributed by atoms with E-state index in [2.05, 4.69) is 10.2 Å². The van der Waals surface area contributed by atoms with Crippen molar-refractivity contribution in [1.82, 2.24) is 10.2 Å². The fourth-order valence-electron chi connectivity index (χ4n) is 3.54. The Morgan fingerprint density at radius 3 is 3.10 bits per heavy atom. The van der Waals surface area contributed by atoms with Gasteiger partial charge in [-0.25, -0.2) is 0 Å². The van der Waals surface area contributed by atoms with Crippen LogP contribution in [0.3, 0.4) is 0 Å². The molecule has 0 bridgehead atoms. The van der Waals surface area contributed by atoms with Crippen LogP contribution in [0.5, 0.6) is 5.75 Å². The highest BCUT2D eigenvalue weighted by Crippen LogP contribution is 2.35. The van der Waals surface area contributed by atoms with Crippen LogP contribution in [0.15, 0.2) is 24.3 Å². The number of rotatable bonds is 3. The smallest absolute Gasteiger partial charge is 0.230 e. The maximum absolute atomic E-state index is 12.9. The van der Waals surface area contributed by atoms with Crippen LogP contribution >= 0.6 is 0 Å². The topological polar surface area (TPSA) is 41.6 Å². The number of nitrogens with zero attached hydrogens (tertiary/aromatic N) is 1. The molecule has 1 amide bonds. The summed E-state index contributed by atoms with van der Waals surface area (Å²) in [5.41, 5.74) is 1.06. The maximum atomic E-state index is 12.9. The molecular formula is C17H24N2O2. The number of amides is 1. The highest BCUT2D eigenvalue weighted by molar-refractivity contribution is 5.85. The molecule has 1 N–H and O–H groups in total. The van der Waals surface area contributed by atoms with E-state index in [0.29, 0.717) is 12.5 Å². The number of carbonyl (C=O) groups excluding carboxylic acids is 1. The molecule has 1 saturated heterocycles. The number of fused-ring (bicyclic) bond motifs is 1. The monoisotopic (exact) mass is 288 g/mol. The molecule has 4 nitrogen and oxygen atoms in total. The van der Waals surface area contributed by atoms with E-state index in [9.17, 15) is 4.79 Å². The standard InChI is InChI=1S/C17H24N2O2/c1-18-11-13-5-4-9-19(12-13)17(20)15-8-10-21-16-7-3-2-6-14(15)16/h2-3,6-7,13,15,18H,4-5,8-12H2,1H3. The first-order valence-corrected chi connectivity index (χ1v) is 7.94. The Labute approximate surface area is 126 Å². The van der Waals surface area contributed by atoms with E-state index in [1.807, 2.05) is 31.3 Å². The van der Waals surface area contributed by atoms with Crippen LogP contribution in [0.25, 0.3) is 0 Å². The summed E-state index contributed by atoms with van der Waals surface area (Å²) >= 11 is 0. The summed E-state index contributed by atoms with van der Waals surface area (Å²) in [5.74, 6) is 1.73. The number of likely N-dealkylation sites (tertiary alicyclic amines) is 1. The van der Waals surface area contributed by atoms with Gasteiger partial charge in [0.25, 0.3) is 0 Å². The van der Waals surface area contributed by atoms with Crippen molar-refractivity contribution < 1.29 is 9.53 Å². The molecule has 0 spiro atoms. The Hall–Kier alpha value is -1.55. The molecule has 21 heavy (non-hydrogen) atoms. The van der Waals surface area contributed by atoms with Gasteiger partial charge in [0.15, 0.2) is 0 Å². The fraction of sp³-hybridized carbons (Fsp3) is 0.588. The lowest BCUT2D eigenvalue weighted by Crippen LogP contribution is -2.45. The molecule has 0 radical (unpaired) electrons. The SMILES string of the molecule is CNCC1CCCN(C(=O)C2CCOc3ccccc32)C1. The highest BCUT2D eigenvalue weighted by atomic mass is 16.5. The minimum atomic E-state index is -0.0247. The Morgan fingerprint density at radius 1 is 1.38 bits per heavy atom. The number of hydrogen-bond donors (Lipinski definition) is 1. The van der Waals surface area contributed by atoms with E-state index in [-0.39, 0.29) is 11.8 Å².